The quantitative estimate of drug-likeness (QED) is 0.334. The maximum atomic E-state index is 13.3. The van der Waals surface area contributed by atoms with Crippen LogP contribution in [0.1, 0.15) is 24.2 Å². The molecule has 2 aromatic carbocycles. The van der Waals surface area contributed by atoms with Crippen LogP contribution in [0.2, 0.25) is 0 Å². The molecule has 0 aliphatic heterocycles. The first-order valence-corrected chi connectivity index (χ1v) is 11.7. The highest BCUT2D eigenvalue weighted by Crippen LogP contribution is 2.29. The van der Waals surface area contributed by atoms with Gasteiger partial charge in [-0.1, -0.05) is 23.5 Å². The number of aromatic nitrogens is 4. The normalized spacial score (nSPS) is 11.2. The molecule has 0 radical (unpaired) electrons. The van der Waals surface area contributed by atoms with Gasteiger partial charge in [0, 0.05) is 19.0 Å². The van der Waals surface area contributed by atoms with Crippen molar-refractivity contribution < 1.29 is 13.9 Å². The Morgan fingerprint density at radius 2 is 1.97 bits per heavy atom. The van der Waals surface area contributed by atoms with Gasteiger partial charge in [0.25, 0.3) is 0 Å². The van der Waals surface area contributed by atoms with Crippen LogP contribution in [-0.4, -0.2) is 32.5 Å². The Kier molecular flexibility index (Phi) is 6.18. The first-order valence-electron chi connectivity index (χ1n) is 10.9. The fourth-order valence-corrected chi connectivity index (χ4v) is 4.72. The van der Waals surface area contributed by atoms with Crippen molar-refractivity contribution in [2.75, 3.05) is 12.4 Å². The number of anilines is 1. The zero-order valence-electron chi connectivity index (χ0n) is 18.5. The maximum absolute atomic E-state index is 13.3. The van der Waals surface area contributed by atoms with Crippen molar-refractivity contribution in [3.63, 3.8) is 0 Å². The number of pyridine rings is 1. The minimum atomic E-state index is -0.268. The van der Waals surface area contributed by atoms with Gasteiger partial charge >= 0.3 is 0 Å². The Balaban J connectivity index is 1.25. The van der Waals surface area contributed by atoms with Gasteiger partial charge in [-0.3, -0.25) is 4.79 Å². The van der Waals surface area contributed by atoms with E-state index < -0.39 is 0 Å². The number of thiazole rings is 1. The second kappa shape index (κ2) is 9.56. The lowest BCUT2D eigenvalue weighted by Gasteiger charge is -2.09. The molecule has 3 heterocycles. The van der Waals surface area contributed by atoms with E-state index in [0.717, 1.165) is 38.5 Å². The van der Waals surface area contributed by atoms with Crippen LogP contribution in [0.3, 0.4) is 0 Å². The van der Waals surface area contributed by atoms with Crippen molar-refractivity contribution in [3.8, 4) is 5.75 Å². The summed E-state index contributed by atoms with van der Waals surface area (Å²) in [6.45, 7) is 0.532. The topological polar surface area (TPSA) is 81.9 Å². The van der Waals surface area contributed by atoms with E-state index in [1.807, 2.05) is 34.9 Å². The summed E-state index contributed by atoms with van der Waals surface area (Å²) >= 11 is 1.42. The van der Waals surface area contributed by atoms with E-state index >= 15 is 0 Å². The van der Waals surface area contributed by atoms with E-state index in [-0.39, 0.29) is 11.7 Å². The fourth-order valence-electron chi connectivity index (χ4n) is 3.81. The first-order chi connectivity index (χ1) is 16.6. The number of nitrogens with one attached hydrogen (secondary N) is 1. The highest BCUT2D eigenvalue weighted by Gasteiger charge is 2.14. The third kappa shape index (κ3) is 4.74. The summed E-state index contributed by atoms with van der Waals surface area (Å²) in [6.07, 6.45) is 3.31. The van der Waals surface area contributed by atoms with Crippen LogP contribution in [0.4, 0.5) is 9.52 Å². The summed E-state index contributed by atoms with van der Waals surface area (Å²) in [5.74, 6) is 1.24. The van der Waals surface area contributed by atoms with E-state index in [1.165, 1.54) is 23.5 Å². The molecule has 0 spiro atoms. The van der Waals surface area contributed by atoms with Gasteiger partial charge in [0.05, 0.1) is 23.9 Å². The van der Waals surface area contributed by atoms with Crippen LogP contribution in [0.5, 0.6) is 5.75 Å². The molecule has 0 aliphatic rings. The lowest BCUT2D eigenvalue weighted by molar-refractivity contribution is -0.116. The number of imidazole rings is 1. The van der Waals surface area contributed by atoms with Crippen molar-refractivity contribution in [1.29, 1.82) is 0 Å². The molecular weight excluding hydrogens is 453 g/mol. The molecule has 9 heteroatoms. The number of benzene rings is 2. The van der Waals surface area contributed by atoms with Crippen LogP contribution < -0.4 is 10.1 Å². The van der Waals surface area contributed by atoms with E-state index in [4.69, 9.17) is 9.72 Å². The number of rotatable bonds is 8. The molecule has 0 atom stereocenters. The summed E-state index contributed by atoms with van der Waals surface area (Å²) in [4.78, 5) is 26.2. The highest BCUT2D eigenvalue weighted by molar-refractivity contribution is 7.22. The van der Waals surface area contributed by atoms with E-state index in [1.54, 1.807) is 25.4 Å². The fraction of sp³-hybridized carbons (Fsp3) is 0.200. The SMILES string of the molecule is COc1ccc2nc(NC(=O)CCCc3nc4cccnc4n3Cc3ccc(F)cc3)sc2c1. The number of carbonyl (C=O) groups excluding carboxylic acids is 1. The Morgan fingerprint density at radius 1 is 1.12 bits per heavy atom. The molecule has 0 bridgehead atoms. The monoisotopic (exact) mass is 475 g/mol. The lowest BCUT2D eigenvalue weighted by atomic mass is 10.2. The van der Waals surface area contributed by atoms with Gasteiger partial charge in [0.2, 0.25) is 5.91 Å². The summed E-state index contributed by atoms with van der Waals surface area (Å²) in [5.41, 5.74) is 3.35. The molecule has 1 amide bonds. The predicted molar refractivity (Wildman–Crippen MR) is 131 cm³/mol. The smallest absolute Gasteiger partial charge is 0.226 e. The average Bonchev–Trinajstić information content (AvgIpc) is 3.40. The van der Waals surface area contributed by atoms with Gasteiger partial charge in [0.1, 0.15) is 22.9 Å². The number of halogens is 1. The number of fused-ring (bicyclic) bond motifs is 2. The van der Waals surface area contributed by atoms with E-state index in [0.29, 0.717) is 30.9 Å². The lowest BCUT2D eigenvalue weighted by Crippen LogP contribution is -2.12. The molecule has 0 fully saturated rings. The van der Waals surface area contributed by atoms with E-state index in [2.05, 4.69) is 15.3 Å². The van der Waals surface area contributed by atoms with Gasteiger partial charge in [-0.25, -0.2) is 19.3 Å². The maximum Gasteiger partial charge on any atom is 0.226 e. The second-order valence-electron chi connectivity index (χ2n) is 7.84. The number of nitrogens with zero attached hydrogens (tertiary/aromatic N) is 4. The molecule has 172 valence electrons. The van der Waals surface area contributed by atoms with Crippen molar-refractivity contribution in [2.45, 2.75) is 25.8 Å². The molecule has 5 aromatic rings. The van der Waals surface area contributed by atoms with E-state index in [9.17, 15) is 9.18 Å². The number of carbonyl (C=O) groups is 1. The van der Waals surface area contributed by atoms with Crippen LogP contribution in [0.15, 0.2) is 60.8 Å². The second-order valence-corrected chi connectivity index (χ2v) is 8.87. The van der Waals surface area contributed by atoms with Gasteiger partial charge < -0.3 is 14.6 Å². The van der Waals surface area contributed by atoms with Crippen molar-refractivity contribution >= 4 is 43.8 Å². The predicted octanol–water partition coefficient (Wildman–Crippen LogP) is 5.20. The van der Waals surface area contributed by atoms with Gasteiger partial charge in [-0.05, 0) is 54.4 Å². The van der Waals surface area contributed by atoms with Gasteiger partial charge in [0.15, 0.2) is 10.8 Å². The number of hydrogen-bond donors (Lipinski definition) is 1. The molecule has 7 nitrogen and oxygen atoms in total. The van der Waals surface area contributed by atoms with Crippen molar-refractivity contribution in [1.82, 2.24) is 19.5 Å². The van der Waals surface area contributed by atoms with Crippen molar-refractivity contribution in [2.24, 2.45) is 0 Å². The number of hydrogen-bond acceptors (Lipinski definition) is 6. The van der Waals surface area contributed by atoms with Crippen LogP contribution in [0, 0.1) is 5.82 Å². The van der Waals surface area contributed by atoms with Gasteiger partial charge in [-0.15, -0.1) is 0 Å². The van der Waals surface area contributed by atoms with Gasteiger partial charge in [-0.2, -0.15) is 0 Å². The Morgan fingerprint density at radius 3 is 2.79 bits per heavy atom. The number of aryl methyl sites for hydroxylation is 1. The first kappa shape index (κ1) is 22.0. The molecule has 0 saturated carbocycles. The third-order valence-corrected chi connectivity index (χ3v) is 6.42. The summed E-state index contributed by atoms with van der Waals surface area (Å²) < 4.78 is 21.5. The minimum Gasteiger partial charge on any atom is -0.497 e. The Labute approximate surface area is 199 Å². The largest absolute Gasteiger partial charge is 0.497 e. The Hall–Kier alpha value is -3.85. The van der Waals surface area contributed by atoms with Crippen molar-refractivity contribution in [3.05, 3.63) is 78.0 Å². The van der Waals surface area contributed by atoms with Crippen LogP contribution in [-0.2, 0) is 17.8 Å². The minimum absolute atomic E-state index is 0.0923. The molecule has 0 unspecified atom stereocenters. The van der Waals surface area contributed by atoms with Crippen LogP contribution >= 0.6 is 11.3 Å². The summed E-state index contributed by atoms with van der Waals surface area (Å²) in [7, 11) is 1.62. The zero-order chi connectivity index (χ0) is 23.5. The molecular formula is C25H22FN5O2S. The molecule has 5 rings (SSSR count). The highest BCUT2D eigenvalue weighted by atomic mass is 32.1. The standard InChI is InChI=1S/C25H22FN5O2S/c1-33-18-11-12-19-21(14-18)34-25(29-19)30-23(32)6-2-5-22-28-20-4-3-13-27-24(20)31(22)15-16-7-9-17(26)10-8-16/h3-4,7-14H,2,5-6,15H2,1H3,(H,29,30,32). The third-order valence-electron chi connectivity index (χ3n) is 5.48. The number of amides is 1. The Bertz CT molecular complexity index is 1460. The number of ether oxygens (including phenoxy) is 1. The van der Waals surface area contributed by atoms with Crippen LogP contribution in [0.25, 0.3) is 21.4 Å². The molecule has 0 saturated heterocycles. The molecule has 1 N–H and O–H groups in total. The zero-order valence-corrected chi connectivity index (χ0v) is 19.3. The molecule has 3 aromatic heterocycles. The molecule has 34 heavy (non-hydrogen) atoms. The average molecular weight is 476 g/mol. The summed E-state index contributed by atoms with van der Waals surface area (Å²) in [5, 5.41) is 3.46. The molecule has 0 aliphatic carbocycles. The number of methoxy groups -OCH3 is 1. The summed E-state index contributed by atoms with van der Waals surface area (Å²) in [6, 6.07) is 15.8.